The third-order valence-electron chi connectivity index (χ3n) is 3.94. The molecule has 2 rings (SSSR count). The van der Waals surface area contributed by atoms with E-state index >= 15 is 0 Å². The van der Waals surface area contributed by atoms with Gasteiger partial charge in [-0.15, -0.1) is 0 Å². The van der Waals surface area contributed by atoms with Crippen LogP contribution in [-0.2, 0) is 22.8 Å². The van der Waals surface area contributed by atoms with Crippen LogP contribution in [0.25, 0.3) is 0 Å². The molecule has 1 aromatic rings. The average molecular weight is 314 g/mol. The quantitative estimate of drug-likeness (QED) is 0.809. The van der Waals surface area contributed by atoms with Crippen LogP contribution in [-0.4, -0.2) is 47.3 Å². The molecule has 0 aliphatic carbocycles. The number of hydrogen-bond acceptors (Lipinski definition) is 5. The molecule has 0 spiro atoms. The van der Waals surface area contributed by atoms with Crippen LogP contribution in [0.5, 0.6) is 0 Å². The van der Waals surface area contributed by atoms with Gasteiger partial charge < -0.3 is 5.32 Å². The first-order valence-corrected chi connectivity index (χ1v) is 9.54. The Morgan fingerprint density at radius 1 is 1.48 bits per heavy atom. The number of sulfone groups is 1. The Hall–Kier alpha value is -0.950. The Morgan fingerprint density at radius 3 is 2.81 bits per heavy atom. The SMILES string of the molecule is CCNC(Cc1ncnn1CC(C)C)C1CCS(=O)(=O)C1. The Labute approximate surface area is 127 Å². The molecule has 0 aromatic carbocycles. The van der Waals surface area contributed by atoms with Crippen molar-refractivity contribution in [1.29, 1.82) is 0 Å². The van der Waals surface area contributed by atoms with Gasteiger partial charge in [0.1, 0.15) is 12.2 Å². The lowest BCUT2D eigenvalue weighted by Gasteiger charge is -2.23. The van der Waals surface area contributed by atoms with Gasteiger partial charge in [-0.1, -0.05) is 20.8 Å². The summed E-state index contributed by atoms with van der Waals surface area (Å²) in [6.07, 6.45) is 3.07. The maximum Gasteiger partial charge on any atom is 0.150 e. The molecular weight excluding hydrogens is 288 g/mol. The zero-order chi connectivity index (χ0) is 15.5. The minimum Gasteiger partial charge on any atom is -0.313 e. The fourth-order valence-electron chi connectivity index (χ4n) is 2.95. The first kappa shape index (κ1) is 16.4. The van der Waals surface area contributed by atoms with Crippen molar-refractivity contribution in [2.75, 3.05) is 18.1 Å². The van der Waals surface area contributed by atoms with Crippen molar-refractivity contribution in [2.24, 2.45) is 11.8 Å². The predicted molar refractivity (Wildman–Crippen MR) is 82.8 cm³/mol. The van der Waals surface area contributed by atoms with E-state index in [4.69, 9.17) is 0 Å². The molecule has 2 heterocycles. The van der Waals surface area contributed by atoms with Crippen LogP contribution in [0.1, 0.15) is 33.0 Å². The van der Waals surface area contributed by atoms with Crippen LogP contribution < -0.4 is 5.32 Å². The third-order valence-corrected chi connectivity index (χ3v) is 5.73. The van der Waals surface area contributed by atoms with E-state index in [-0.39, 0.29) is 12.0 Å². The van der Waals surface area contributed by atoms with Crippen molar-refractivity contribution in [1.82, 2.24) is 20.1 Å². The van der Waals surface area contributed by atoms with Crippen molar-refractivity contribution in [3.63, 3.8) is 0 Å². The van der Waals surface area contributed by atoms with Gasteiger partial charge in [0.25, 0.3) is 0 Å². The molecule has 1 aromatic heterocycles. The van der Waals surface area contributed by atoms with Gasteiger partial charge in [-0.3, -0.25) is 0 Å². The third kappa shape index (κ3) is 4.51. The fourth-order valence-corrected chi connectivity index (χ4v) is 4.83. The van der Waals surface area contributed by atoms with Crippen LogP contribution in [0.2, 0.25) is 0 Å². The Bertz CT molecular complexity index is 553. The summed E-state index contributed by atoms with van der Waals surface area (Å²) < 4.78 is 25.4. The normalized spacial score (nSPS) is 22.8. The topological polar surface area (TPSA) is 76.9 Å². The van der Waals surface area contributed by atoms with Crippen LogP contribution in [0.3, 0.4) is 0 Å². The van der Waals surface area contributed by atoms with E-state index in [0.717, 1.165) is 31.8 Å². The molecule has 0 bridgehead atoms. The Kier molecular flexibility index (Phi) is 5.37. The van der Waals surface area contributed by atoms with Gasteiger partial charge in [0.05, 0.1) is 11.5 Å². The number of hydrogen-bond donors (Lipinski definition) is 1. The summed E-state index contributed by atoms with van der Waals surface area (Å²) in [6.45, 7) is 8.03. The van der Waals surface area contributed by atoms with Gasteiger partial charge in [0.15, 0.2) is 9.84 Å². The summed E-state index contributed by atoms with van der Waals surface area (Å²) in [5.41, 5.74) is 0. The molecule has 6 nitrogen and oxygen atoms in total. The second kappa shape index (κ2) is 6.87. The van der Waals surface area contributed by atoms with Gasteiger partial charge in [-0.25, -0.2) is 18.1 Å². The standard InChI is InChI=1S/C14H26N4O2S/c1-4-15-13(12-5-6-21(19,20)9-12)7-14-16-10-17-18(14)8-11(2)3/h10-13,15H,4-9H2,1-3H3. The molecule has 1 aliphatic rings. The zero-order valence-corrected chi connectivity index (χ0v) is 13.9. The largest absolute Gasteiger partial charge is 0.313 e. The minimum absolute atomic E-state index is 0.155. The van der Waals surface area contributed by atoms with Crippen LogP contribution >= 0.6 is 0 Å². The lowest BCUT2D eigenvalue weighted by molar-refractivity contribution is 0.367. The Morgan fingerprint density at radius 2 is 2.24 bits per heavy atom. The minimum atomic E-state index is -2.85. The highest BCUT2D eigenvalue weighted by atomic mass is 32.2. The summed E-state index contributed by atoms with van der Waals surface area (Å²) in [4.78, 5) is 4.36. The monoisotopic (exact) mass is 314 g/mol. The molecule has 0 radical (unpaired) electrons. The molecule has 0 saturated carbocycles. The molecule has 1 N–H and O–H groups in total. The van der Waals surface area contributed by atoms with Gasteiger partial charge in [0.2, 0.25) is 0 Å². The summed E-state index contributed by atoms with van der Waals surface area (Å²) >= 11 is 0. The van der Waals surface area contributed by atoms with Crippen molar-refractivity contribution in [3.8, 4) is 0 Å². The van der Waals surface area contributed by atoms with Gasteiger partial charge in [-0.05, 0) is 24.8 Å². The van der Waals surface area contributed by atoms with E-state index < -0.39 is 9.84 Å². The van der Waals surface area contributed by atoms with E-state index in [1.54, 1.807) is 6.33 Å². The lowest BCUT2D eigenvalue weighted by atomic mass is 9.96. The molecular formula is C14H26N4O2S. The second-order valence-electron chi connectivity index (χ2n) is 6.28. The highest BCUT2D eigenvalue weighted by Crippen LogP contribution is 2.23. The van der Waals surface area contributed by atoms with E-state index in [2.05, 4.69) is 36.2 Å². The van der Waals surface area contributed by atoms with E-state index in [0.29, 0.717) is 17.4 Å². The number of aromatic nitrogens is 3. The average Bonchev–Trinajstić information content (AvgIpc) is 2.95. The lowest BCUT2D eigenvalue weighted by Crippen LogP contribution is -2.39. The summed E-state index contributed by atoms with van der Waals surface area (Å²) in [5.74, 6) is 2.24. The molecule has 1 fully saturated rings. The van der Waals surface area contributed by atoms with Crippen LogP contribution in [0, 0.1) is 11.8 Å². The number of rotatable bonds is 7. The van der Waals surface area contributed by atoms with E-state index in [1.807, 2.05) is 4.68 Å². The summed E-state index contributed by atoms with van der Waals surface area (Å²) in [5, 5.41) is 7.72. The molecule has 120 valence electrons. The summed E-state index contributed by atoms with van der Waals surface area (Å²) in [7, 11) is -2.85. The fraction of sp³-hybridized carbons (Fsp3) is 0.857. The second-order valence-corrected chi connectivity index (χ2v) is 8.51. The molecule has 2 unspecified atom stereocenters. The van der Waals surface area contributed by atoms with Crippen molar-refractivity contribution in [2.45, 2.75) is 46.2 Å². The zero-order valence-electron chi connectivity index (χ0n) is 13.1. The smallest absolute Gasteiger partial charge is 0.150 e. The molecule has 21 heavy (non-hydrogen) atoms. The predicted octanol–water partition coefficient (Wildman–Crippen LogP) is 0.889. The van der Waals surface area contributed by atoms with Gasteiger partial charge >= 0.3 is 0 Å². The van der Waals surface area contributed by atoms with Crippen molar-refractivity contribution < 1.29 is 8.42 Å². The molecule has 2 atom stereocenters. The number of likely N-dealkylation sites (N-methyl/N-ethyl adjacent to an activating group) is 1. The highest BCUT2D eigenvalue weighted by molar-refractivity contribution is 7.91. The van der Waals surface area contributed by atoms with E-state index in [9.17, 15) is 8.42 Å². The van der Waals surface area contributed by atoms with Gasteiger partial charge in [0, 0.05) is 19.0 Å². The van der Waals surface area contributed by atoms with Crippen molar-refractivity contribution in [3.05, 3.63) is 12.2 Å². The molecule has 1 saturated heterocycles. The number of nitrogens with zero attached hydrogens (tertiary/aromatic N) is 3. The molecule has 1 aliphatic heterocycles. The van der Waals surface area contributed by atoms with Crippen LogP contribution in [0.4, 0.5) is 0 Å². The highest BCUT2D eigenvalue weighted by Gasteiger charge is 2.34. The van der Waals surface area contributed by atoms with Crippen molar-refractivity contribution >= 4 is 9.84 Å². The molecule has 0 amide bonds. The van der Waals surface area contributed by atoms with Gasteiger partial charge in [-0.2, -0.15) is 5.10 Å². The first-order chi connectivity index (χ1) is 9.91. The summed E-state index contributed by atoms with van der Waals surface area (Å²) in [6, 6.07) is 0.155. The maximum absolute atomic E-state index is 11.7. The maximum atomic E-state index is 11.7. The van der Waals surface area contributed by atoms with Crippen LogP contribution in [0.15, 0.2) is 6.33 Å². The van der Waals surface area contributed by atoms with E-state index in [1.165, 1.54) is 0 Å². The number of nitrogens with one attached hydrogen (secondary N) is 1. The molecule has 7 heteroatoms. The first-order valence-electron chi connectivity index (χ1n) is 7.71. The Balaban J connectivity index is 2.08.